The number of carbonyl (C=O) groups is 2. The van der Waals surface area contributed by atoms with Crippen molar-refractivity contribution in [2.24, 2.45) is 11.8 Å². The monoisotopic (exact) mass is 265 g/mol. The first-order valence-corrected chi connectivity index (χ1v) is 7.02. The van der Waals surface area contributed by atoms with Gasteiger partial charge in [0, 0.05) is 4.90 Å². The Morgan fingerprint density at radius 3 is 2.50 bits per heavy atom. The summed E-state index contributed by atoms with van der Waals surface area (Å²) < 4.78 is 0. The molecule has 4 nitrogen and oxygen atoms in total. The number of aliphatic carboxylic acids is 1. The fourth-order valence-electron chi connectivity index (χ4n) is 2.08. The van der Waals surface area contributed by atoms with Crippen LogP contribution in [0.1, 0.15) is 12.8 Å². The lowest BCUT2D eigenvalue weighted by atomic mass is 9.73. The van der Waals surface area contributed by atoms with Crippen molar-refractivity contribution in [3.05, 3.63) is 24.3 Å². The fourth-order valence-corrected chi connectivity index (χ4v) is 2.64. The number of anilines is 1. The van der Waals surface area contributed by atoms with Crippen LogP contribution in [-0.2, 0) is 9.59 Å². The van der Waals surface area contributed by atoms with Crippen LogP contribution in [0.15, 0.2) is 29.2 Å². The standard InChI is InChI=1S/C13H15NO3S/c1-18-11-5-3-2-4-10(11)14-12(15)8-6-7-9(8)13(16)17/h2-5,8-9H,6-7H2,1H3,(H,14,15)(H,16,17). The van der Waals surface area contributed by atoms with Crippen molar-refractivity contribution in [3.63, 3.8) is 0 Å². The molecule has 0 heterocycles. The third-order valence-corrected chi connectivity index (χ3v) is 4.09. The molecule has 0 saturated heterocycles. The number of hydrogen-bond acceptors (Lipinski definition) is 3. The van der Waals surface area contributed by atoms with Crippen molar-refractivity contribution in [1.29, 1.82) is 0 Å². The maximum atomic E-state index is 12.0. The third-order valence-electron chi connectivity index (χ3n) is 3.29. The van der Waals surface area contributed by atoms with E-state index in [0.29, 0.717) is 12.8 Å². The zero-order valence-electron chi connectivity index (χ0n) is 10.1. The molecule has 2 N–H and O–H groups in total. The Bertz CT molecular complexity index is 475. The highest BCUT2D eigenvalue weighted by atomic mass is 32.2. The molecule has 96 valence electrons. The lowest BCUT2D eigenvalue weighted by Crippen LogP contribution is -2.41. The summed E-state index contributed by atoms with van der Waals surface area (Å²) in [5, 5.41) is 11.8. The summed E-state index contributed by atoms with van der Waals surface area (Å²) in [4.78, 5) is 23.9. The highest BCUT2D eigenvalue weighted by molar-refractivity contribution is 7.98. The van der Waals surface area contributed by atoms with Gasteiger partial charge in [-0.15, -0.1) is 11.8 Å². The second-order valence-corrected chi connectivity index (χ2v) is 5.17. The molecule has 2 atom stereocenters. The predicted molar refractivity (Wildman–Crippen MR) is 70.7 cm³/mol. The summed E-state index contributed by atoms with van der Waals surface area (Å²) in [7, 11) is 0. The maximum absolute atomic E-state index is 12.0. The molecular formula is C13H15NO3S. The van der Waals surface area contributed by atoms with E-state index in [2.05, 4.69) is 5.32 Å². The Morgan fingerprint density at radius 2 is 1.94 bits per heavy atom. The van der Waals surface area contributed by atoms with Crippen LogP contribution in [0.5, 0.6) is 0 Å². The van der Waals surface area contributed by atoms with Gasteiger partial charge in [0.1, 0.15) is 0 Å². The van der Waals surface area contributed by atoms with E-state index < -0.39 is 17.8 Å². The number of hydrogen-bond donors (Lipinski definition) is 2. The van der Waals surface area contributed by atoms with Gasteiger partial charge in [-0.2, -0.15) is 0 Å². The molecule has 0 aromatic heterocycles. The van der Waals surface area contributed by atoms with E-state index in [0.717, 1.165) is 10.6 Å². The Balaban J connectivity index is 2.05. The topological polar surface area (TPSA) is 66.4 Å². The van der Waals surface area contributed by atoms with Crippen molar-refractivity contribution >= 4 is 29.3 Å². The summed E-state index contributed by atoms with van der Waals surface area (Å²) in [6, 6.07) is 7.52. The van der Waals surface area contributed by atoms with Crippen molar-refractivity contribution < 1.29 is 14.7 Å². The minimum Gasteiger partial charge on any atom is -0.481 e. The van der Waals surface area contributed by atoms with E-state index in [1.807, 2.05) is 30.5 Å². The average Bonchev–Trinajstić information content (AvgIpc) is 2.27. The number of benzene rings is 1. The number of thioether (sulfide) groups is 1. The molecule has 18 heavy (non-hydrogen) atoms. The Hall–Kier alpha value is -1.49. The molecular weight excluding hydrogens is 250 g/mol. The molecule has 1 aliphatic rings. The molecule has 0 bridgehead atoms. The SMILES string of the molecule is CSc1ccccc1NC(=O)C1CCC1C(=O)O. The molecule has 2 unspecified atom stereocenters. The quantitative estimate of drug-likeness (QED) is 0.821. The van der Waals surface area contributed by atoms with Gasteiger partial charge in [0.25, 0.3) is 0 Å². The summed E-state index contributed by atoms with van der Waals surface area (Å²) in [5.74, 6) is -1.97. The minimum atomic E-state index is -0.875. The highest BCUT2D eigenvalue weighted by Crippen LogP contribution is 2.36. The zero-order chi connectivity index (χ0) is 13.1. The van der Waals surface area contributed by atoms with Crippen LogP contribution in [0.3, 0.4) is 0 Å². The van der Waals surface area contributed by atoms with Crippen LogP contribution in [0.25, 0.3) is 0 Å². The number of carbonyl (C=O) groups excluding carboxylic acids is 1. The number of nitrogens with one attached hydrogen (secondary N) is 1. The van der Waals surface area contributed by atoms with Gasteiger partial charge in [0.15, 0.2) is 0 Å². The lowest BCUT2D eigenvalue weighted by Gasteiger charge is -2.32. The molecule has 1 saturated carbocycles. The van der Waals surface area contributed by atoms with Gasteiger partial charge in [0.05, 0.1) is 17.5 Å². The first kappa shape index (κ1) is 13.0. The summed E-state index contributed by atoms with van der Waals surface area (Å²) >= 11 is 1.55. The molecule has 0 spiro atoms. The average molecular weight is 265 g/mol. The molecule has 1 aliphatic carbocycles. The van der Waals surface area contributed by atoms with E-state index in [9.17, 15) is 9.59 Å². The van der Waals surface area contributed by atoms with E-state index in [-0.39, 0.29) is 5.91 Å². The molecule has 1 fully saturated rings. The van der Waals surface area contributed by atoms with Crippen LogP contribution in [0, 0.1) is 11.8 Å². The summed E-state index contributed by atoms with van der Waals surface area (Å²) in [5.41, 5.74) is 0.756. The molecule has 1 amide bonds. The number of carboxylic acid groups (broad SMARTS) is 1. The Kier molecular flexibility index (Phi) is 3.91. The van der Waals surface area contributed by atoms with Gasteiger partial charge in [-0.25, -0.2) is 0 Å². The predicted octanol–water partition coefficient (Wildman–Crippen LogP) is 2.46. The Morgan fingerprint density at radius 1 is 1.28 bits per heavy atom. The number of rotatable bonds is 4. The van der Waals surface area contributed by atoms with Crippen LogP contribution in [-0.4, -0.2) is 23.2 Å². The minimum absolute atomic E-state index is 0.185. The normalized spacial score (nSPS) is 22.1. The fraction of sp³-hybridized carbons (Fsp3) is 0.385. The van der Waals surface area contributed by atoms with Crippen molar-refractivity contribution in [3.8, 4) is 0 Å². The smallest absolute Gasteiger partial charge is 0.307 e. The first-order valence-electron chi connectivity index (χ1n) is 5.80. The molecule has 0 radical (unpaired) electrons. The summed E-state index contributed by atoms with van der Waals surface area (Å²) in [6.07, 6.45) is 3.19. The van der Waals surface area contributed by atoms with Crippen LogP contribution in [0.2, 0.25) is 0 Å². The van der Waals surface area contributed by atoms with Crippen molar-refractivity contribution in [2.45, 2.75) is 17.7 Å². The molecule has 2 rings (SSSR count). The maximum Gasteiger partial charge on any atom is 0.307 e. The van der Waals surface area contributed by atoms with Crippen LogP contribution >= 0.6 is 11.8 Å². The second kappa shape index (κ2) is 5.44. The van der Waals surface area contributed by atoms with E-state index >= 15 is 0 Å². The van der Waals surface area contributed by atoms with Crippen LogP contribution in [0.4, 0.5) is 5.69 Å². The summed E-state index contributed by atoms with van der Waals surface area (Å²) in [6.45, 7) is 0. The number of amides is 1. The Labute approximate surface area is 110 Å². The number of carboxylic acids is 1. The molecule has 1 aromatic carbocycles. The van der Waals surface area contributed by atoms with E-state index in [1.54, 1.807) is 11.8 Å². The van der Waals surface area contributed by atoms with Crippen molar-refractivity contribution in [2.75, 3.05) is 11.6 Å². The molecule has 5 heteroatoms. The van der Waals surface area contributed by atoms with E-state index in [4.69, 9.17) is 5.11 Å². The second-order valence-electron chi connectivity index (χ2n) is 4.32. The zero-order valence-corrected chi connectivity index (χ0v) is 10.9. The third kappa shape index (κ3) is 2.51. The van der Waals surface area contributed by atoms with Gasteiger partial charge >= 0.3 is 5.97 Å². The molecule has 1 aromatic rings. The van der Waals surface area contributed by atoms with Gasteiger partial charge < -0.3 is 10.4 Å². The van der Waals surface area contributed by atoms with E-state index in [1.165, 1.54) is 0 Å². The van der Waals surface area contributed by atoms with Crippen molar-refractivity contribution in [1.82, 2.24) is 0 Å². The highest BCUT2D eigenvalue weighted by Gasteiger charge is 2.41. The van der Waals surface area contributed by atoms with Crippen LogP contribution < -0.4 is 5.32 Å². The van der Waals surface area contributed by atoms with Gasteiger partial charge in [-0.05, 0) is 31.2 Å². The van der Waals surface area contributed by atoms with Gasteiger partial charge in [-0.1, -0.05) is 12.1 Å². The lowest BCUT2D eigenvalue weighted by molar-refractivity contribution is -0.151. The largest absolute Gasteiger partial charge is 0.481 e. The van der Waals surface area contributed by atoms with Gasteiger partial charge in [0.2, 0.25) is 5.91 Å². The first-order chi connectivity index (χ1) is 8.63. The molecule has 0 aliphatic heterocycles. The van der Waals surface area contributed by atoms with Gasteiger partial charge in [-0.3, -0.25) is 9.59 Å². The number of para-hydroxylation sites is 1.